The highest BCUT2D eigenvalue weighted by Crippen LogP contribution is 2.38. The van der Waals surface area contributed by atoms with Gasteiger partial charge in [0, 0.05) is 11.6 Å². The van der Waals surface area contributed by atoms with Crippen molar-refractivity contribution in [2.24, 2.45) is 0 Å². The number of aromatic carboxylic acids is 1. The quantitative estimate of drug-likeness (QED) is 0.913. The van der Waals surface area contributed by atoms with Gasteiger partial charge < -0.3 is 9.63 Å². The summed E-state index contributed by atoms with van der Waals surface area (Å²) in [6, 6.07) is 9.58. The minimum absolute atomic E-state index is 0.0431. The predicted molar refractivity (Wildman–Crippen MR) is 74.7 cm³/mol. The van der Waals surface area contributed by atoms with Gasteiger partial charge in [0.05, 0.1) is 0 Å². The largest absolute Gasteiger partial charge is 0.476 e. The maximum atomic E-state index is 10.9. The number of hydrogen-bond donors (Lipinski definition) is 1. The van der Waals surface area contributed by atoms with Crippen LogP contribution >= 0.6 is 0 Å². The van der Waals surface area contributed by atoms with Gasteiger partial charge in [-0.2, -0.15) is 0 Å². The standard InChI is InChI=1S/C16H17NO3/c18-16(19)14-10-15(20-17-14)13-9-5-4-8-12(13)11-6-2-1-3-7-11/h4-5,8-11H,1-3,6-7H2,(H,18,19). The van der Waals surface area contributed by atoms with E-state index in [1.165, 1.54) is 43.7 Å². The summed E-state index contributed by atoms with van der Waals surface area (Å²) in [7, 11) is 0. The molecule has 1 aromatic carbocycles. The molecule has 0 atom stereocenters. The lowest BCUT2D eigenvalue weighted by Crippen LogP contribution is -2.05. The fraction of sp³-hybridized carbons (Fsp3) is 0.375. The number of carbonyl (C=O) groups is 1. The second kappa shape index (κ2) is 5.49. The Balaban J connectivity index is 1.97. The van der Waals surface area contributed by atoms with Gasteiger partial charge in [-0.05, 0) is 24.3 Å². The van der Waals surface area contributed by atoms with Crippen LogP contribution in [0, 0.1) is 0 Å². The second-order valence-corrected chi connectivity index (χ2v) is 5.30. The molecule has 20 heavy (non-hydrogen) atoms. The first-order chi connectivity index (χ1) is 9.75. The minimum Gasteiger partial charge on any atom is -0.476 e. The van der Waals surface area contributed by atoms with Gasteiger partial charge in [-0.3, -0.25) is 0 Å². The van der Waals surface area contributed by atoms with E-state index in [1.54, 1.807) is 0 Å². The Kier molecular flexibility index (Phi) is 3.54. The van der Waals surface area contributed by atoms with E-state index >= 15 is 0 Å². The van der Waals surface area contributed by atoms with E-state index in [1.807, 2.05) is 18.2 Å². The maximum absolute atomic E-state index is 10.9. The van der Waals surface area contributed by atoms with E-state index < -0.39 is 5.97 Å². The van der Waals surface area contributed by atoms with Crippen molar-refractivity contribution in [3.8, 4) is 11.3 Å². The molecular weight excluding hydrogens is 254 g/mol. The van der Waals surface area contributed by atoms with Crippen molar-refractivity contribution in [3.05, 3.63) is 41.6 Å². The number of rotatable bonds is 3. The lowest BCUT2D eigenvalue weighted by Gasteiger charge is -2.23. The number of carboxylic acids is 1. The lowest BCUT2D eigenvalue weighted by atomic mass is 9.82. The Bertz CT molecular complexity index is 612. The van der Waals surface area contributed by atoms with Crippen molar-refractivity contribution >= 4 is 5.97 Å². The van der Waals surface area contributed by atoms with Crippen LogP contribution in [0.3, 0.4) is 0 Å². The molecule has 0 unspecified atom stereocenters. The molecule has 1 aromatic heterocycles. The zero-order valence-corrected chi connectivity index (χ0v) is 11.2. The second-order valence-electron chi connectivity index (χ2n) is 5.30. The average Bonchev–Trinajstić information content (AvgIpc) is 2.98. The van der Waals surface area contributed by atoms with E-state index in [0.29, 0.717) is 11.7 Å². The normalized spacial score (nSPS) is 16.2. The highest BCUT2D eigenvalue weighted by atomic mass is 16.5. The molecule has 0 radical (unpaired) electrons. The van der Waals surface area contributed by atoms with Crippen LogP contribution in [0.15, 0.2) is 34.9 Å². The van der Waals surface area contributed by atoms with E-state index in [9.17, 15) is 4.79 Å². The van der Waals surface area contributed by atoms with Crippen LogP contribution in [0.25, 0.3) is 11.3 Å². The molecule has 4 nitrogen and oxygen atoms in total. The molecule has 1 heterocycles. The van der Waals surface area contributed by atoms with Crippen LogP contribution in [0.2, 0.25) is 0 Å². The molecule has 1 saturated carbocycles. The highest BCUT2D eigenvalue weighted by Gasteiger charge is 2.21. The van der Waals surface area contributed by atoms with Crippen LogP contribution in [-0.2, 0) is 0 Å². The molecule has 0 bridgehead atoms. The van der Waals surface area contributed by atoms with E-state index in [-0.39, 0.29) is 5.69 Å². The highest BCUT2D eigenvalue weighted by molar-refractivity contribution is 5.86. The first kappa shape index (κ1) is 12.9. The van der Waals surface area contributed by atoms with Crippen molar-refractivity contribution in [3.63, 3.8) is 0 Å². The van der Waals surface area contributed by atoms with Gasteiger partial charge in [0.15, 0.2) is 11.5 Å². The van der Waals surface area contributed by atoms with Gasteiger partial charge in [0.2, 0.25) is 0 Å². The fourth-order valence-corrected chi connectivity index (χ4v) is 2.99. The molecule has 3 rings (SSSR count). The number of carboxylic acid groups (broad SMARTS) is 1. The summed E-state index contributed by atoms with van der Waals surface area (Å²) >= 11 is 0. The van der Waals surface area contributed by atoms with Crippen molar-refractivity contribution in [2.45, 2.75) is 38.0 Å². The zero-order chi connectivity index (χ0) is 13.9. The van der Waals surface area contributed by atoms with E-state index in [4.69, 9.17) is 9.63 Å². The molecule has 104 valence electrons. The Labute approximate surface area is 117 Å². The molecule has 0 spiro atoms. The summed E-state index contributed by atoms with van der Waals surface area (Å²) in [5.41, 5.74) is 2.18. The summed E-state index contributed by atoms with van der Waals surface area (Å²) in [5.74, 6) is 0.0250. The average molecular weight is 271 g/mol. The van der Waals surface area contributed by atoms with E-state index in [2.05, 4.69) is 11.2 Å². The van der Waals surface area contributed by atoms with Gasteiger partial charge in [0.25, 0.3) is 0 Å². The van der Waals surface area contributed by atoms with Crippen LogP contribution in [-0.4, -0.2) is 16.2 Å². The summed E-state index contributed by atoms with van der Waals surface area (Å²) in [4.78, 5) is 10.9. The number of benzene rings is 1. The summed E-state index contributed by atoms with van der Waals surface area (Å²) in [5, 5.41) is 12.5. The number of aromatic nitrogens is 1. The molecule has 1 aliphatic carbocycles. The number of hydrogen-bond acceptors (Lipinski definition) is 3. The number of nitrogens with zero attached hydrogens (tertiary/aromatic N) is 1. The smallest absolute Gasteiger partial charge is 0.358 e. The third kappa shape index (κ3) is 2.46. The Morgan fingerprint density at radius 2 is 1.95 bits per heavy atom. The van der Waals surface area contributed by atoms with Gasteiger partial charge in [0.1, 0.15) is 0 Å². The monoisotopic (exact) mass is 271 g/mol. The van der Waals surface area contributed by atoms with Gasteiger partial charge in [-0.1, -0.05) is 48.7 Å². The molecule has 0 amide bonds. The van der Waals surface area contributed by atoms with Crippen molar-refractivity contribution in [2.75, 3.05) is 0 Å². The van der Waals surface area contributed by atoms with Gasteiger partial charge in [-0.25, -0.2) is 4.79 Å². The summed E-state index contributed by atoms with van der Waals surface area (Å²) in [6.07, 6.45) is 6.21. The topological polar surface area (TPSA) is 63.3 Å². The third-order valence-electron chi connectivity index (χ3n) is 4.00. The van der Waals surface area contributed by atoms with Crippen molar-refractivity contribution in [1.29, 1.82) is 0 Å². The SMILES string of the molecule is O=C(O)c1cc(-c2ccccc2C2CCCCC2)on1. The third-order valence-corrected chi connectivity index (χ3v) is 4.00. The Hall–Kier alpha value is -2.10. The maximum Gasteiger partial charge on any atom is 0.358 e. The lowest BCUT2D eigenvalue weighted by molar-refractivity contribution is 0.0686. The van der Waals surface area contributed by atoms with Crippen LogP contribution in [0.5, 0.6) is 0 Å². The van der Waals surface area contributed by atoms with Crippen molar-refractivity contribution in [1.82, 2.24) is 5.16 Å². The fourth-order valence-electron chi connectivity index (χ4n) is 2.99. The first-order valence-electron chi connectivity index (χ1n) is 7.05. The summed E-state index contributed by atoms with van der Waals surface area (Å²) in [6.45, 7) is 0. The van der Waals surface area contributed by atoms with Crippen LogP contribution in [0.4, 0.5) is 0 Å². The van der Waals surface area contributed by atoms with Gasteiger partial charge in [-0.15, -0.1) is 0 Å². The van der Waals surface area contributed by atoms with Crippen LogP contribution in [0.1, 0.15) is 54.1 Å². The zero-order valence-electron chi connectivity index (χ0n) is 11.2. The molecule has 1 N–H and O–H groups in total. The first-order valence-corrected chi connectivity index (χ1v) is 7.05. The van der Waals surface area contributed by atoms with Crippen molar-refractivity contribution < 1.29 is 14.4 Å². The predicted octanol–water partition coefficient (Wildman–Crippen LogP) is 4.09. The minimum atomic E-state index is -1.06. The molecule has 4 heteroatoms. The molecule has 0 saturated heterocycles. The summed E-state index contributed by atoms with van der Waals surface area (Å²) < 4.78 is 5.21. The Morgan fingerprint density at radius 3 is 2.65 bits per heavy atom. The van der Waals surface area contributed by atoms with E-state index in [0.717, 1.165) is 5.56 Å². The van der Waals surface area contributed by atoms with Crippen LogP contribution < -0.4 is 0 Å². The van der Waals surface area contributed by atoms with Gasteiger partial charge >= 0.3 is 5.97 Å². The molecule has 1 fully saturated rings. The molecule has 0 aliphatic heterocycles. The Morgan fingerprint density at radius 1 is 1.20 bits per heavy atom. The molecule has 1 aliphatic rings. The molecular formula is C16H17NO3. The molecule has 2 aromatic rings.